The van der Waals surface area contributed by atoms with Crippen molar-refractivity contribution < 1.29 is 4.79 Å². The van der Waals surface area contributed by atoms with E-state index in [-0.39, 0.29) is 11.9 Å². The van der Waals surface area contributed by atoms with Crippen LogP contribution in [0.15, 0.2) is 78.9 Å². The molecule has 4 rings (SSSR count). The Bertz CT molecular complexity index is 1020. The van der Waals surface area contributed by atoms with Crippen LogP contribution in [0.1, 0.15) is 35.6 Å². The third kappa shape index (κ3) is 4.69. The fraction of sp³-hybridized carbons (Fsp3) is 0.200. The Morgan fingerprint density at radius 2 is 1.60 bits per heavy atom. The number of hydrogen-bond donors (Lipinski definition) is 2. The van der Waals surface area contributed by atoms with Crippen molar-refractivity contribution in [2.24, 2.45) is 0 Å². The topological polar surface area (TPSA) is 44.4 Å². The van der Waals surface area contributed by atoms with Gasteiger partial charge in [0.15, 0.2) is 5.11 Å². The third-order valence-electron chi connectivity index (χ3n) is 5.33. The highest BCUT2D eigenvalue weighted by atomic mass is 32.1. The van der Waals surface area contributed by atoms with Crippen LogP contribution in [0, 0.1) is 6.92 Å². The zero-order valence-corrected chi connectivity index (χ0v) is 17.8. The molecule has 2 N–H and O–H groups in total. The van der Waals surface area contributed by atoms with Crippen LogP contribution in [-0.2, 0) is 4.79 Å². The molecule has 0 aliphatic carbocycles. The molecular weight excluding hydrogens is 390 g/mol. The summed E-state index contributed by atoms with van der Waals surface area (Å²) in [6.45, 7) is 2.88. The molecule has 0 spiro atoms. The highest BCUT2D eigenvalue weighted by Crippen LogP contribution is 2.25. The molecule has 1 aliphatic heterocycles. The number of rotatable bonds is 5. The molecule has 3 aromatic rings. The van der Waals surface area contributed by atoms with Gasteiger partial charge in [0.2, 0.25) is 5.91 Å². The normalized spacial score (nSPS) is 14.4. The van der Waals surface area contributed by atoms with E-state index in [0.29, 0.717) is 11.5 Å². The maximum Gasteiger partial charge on any atom is 0.227 e. The molecule has 3 aromatic carbocycles. The van der Waals surface area contributed by atoms with Gasteiger partial charge in [-0.2, -0.15) is 0 Å². The summed E-state index contributed by atoms with van der Waals surface area (Å²) in [5.74, 6) is 0.191. The zero-order chi connectivity index (χ0) is 20.9. The first kappa shape index (κ1) is 20.1. The minimum atomic E-state index is -0.0479. The van der Waals surface area contributed by atoms with E-state index in [0.717, 1.165) is 35.5 Å². The molecule has 5 heteroatoms. The minimum absolute atomic E-state index is 0.0479. The van der Waals surface area contributed by atoms with Gasteiger partial charge in [0.1, 0.15) is 0 Å². The molecule has 0 aromatic heterocycles. The maximum atomic E-state index is 11.9. The van der Waals surface area contributed by atoms with Gasteiger partial charge < -0.3 is 15.5 Å². The lowest BCUT2D eigenvalue weighted by Crippen LogP contribution is -2.33. The van der Waals surface area contributed by atoms with Crippen molar-refractivity contribution in [3.63, 3.8) is 0 Å². The van der Waals surface area contributed by atoms with Gasteiger partial charge in [0, 0.05) is 24.3 Å². The van der Waals surface area contributed by atoms with E-state index in [4.69, 9.17) is 12.2 Å². The van der Waals surface area contributed by atoms with Gasteiger partial charge in [-0.25, -0.2) is 0 Å². The smallest absolute Gasteiger partial charge is 0.227 e. The van der Waals surface area contributed by atoms with Crippen molar-refractivity contribution in [1.29, 1.82) is 0 Å². The van der Waals surface area contributed by atoms with E-state index in [9.17, 15) is 4.79 Å². The molecule has 1 atom stereocenters. The Morgan fingerprint density at radius 1 is 0.933 bits per heavy atom. The van der Waals surface area contributed by atoms with Crippen LogP contribution in [0.3, 0.4) is 0 Å². The van der Waals surface area contributed by atoms with Crippen LogP contribution in [0.25, 0.3) is 0 Å². The van der Waals surface area contributed by atoms with Crippen molar-refractivity contribution in [1.82, 2.24) is 5.32 Å². The zero-order valence-electron chi connectivity index (χ0n) is 17.0. The first-order valence-electron chi connectivity index (χ1n) is 10.2. The first-order chi connectivity index (χ1) is 14.6. The summed E-state index contributed by atoms with van der Waals surface area (Å²) in [7, 11) is 0. The molecule has 1 unspecified atom stereocenters. The SMILES string of the molecule is Cc1ccc(C(NC(=S)Nc2ccc(N3CCCC3=O)cc2)c2ccccc2)cc1. The summed E-state index contributed by atoms with van der Waals surface area (Å²) >= 11 is 5.61. The number of aryl methyl sites for hydroxylation is 1. The third-order valence-corrected chi connectivity index (χ3v) is 5.55. The van der Waals surface area contributed by atoms with E-state index in [1.807, 2.05) is 47.4 Å². The largest absolute Gasteiger partial charge is 0.352 e. The average molecular weight is 416 g/mol. The number of amides is 1. The van der Waals surface area contributed by atoms with Crippen LogP contribution >= 0.6 is 12.2 Å². The van der Waals surface area contributed by atoms with Crippen LogP contribution in [0.5, 0.6) is 0 Å². The van der Waals surface area contributed by atoms with E-state index in [1.54, 1.807) is 0 Å². The molecule has 152 valence electrons. The predicted octanol–water partition coefficient (Wildman–Crippen LogP) is 5.20. The minimum Gasteiger partial charge on any atom is -0.352 e. The Balaban J connectivity index is 1.47. The number of nitrogens with one attached hydrogen (secondary N) is 2. The second kappa shape index (κ2) is 9.09. The maximum absolute atomic E-state index is 11.9. The molecule has 0 radical (unpaired) electrons. The monoisotopic (exact) mass is 415 g/mol. The number of anilines is 2. The van der Waals surface area contributed by atoms with Crippen LogP contribution < -0.4 is 15.5 Å². The first-order valence-corrected chi connectivity index (χ1v) is 10.6. The number of nitrogens with zero attached hydrogens (tertiary/aromatic N) is 1. The Hall–Kier alpha value is -3.18. The second-order valence-electron chi connectivity index (χ2n) is 7.55. The van der Waals surface area contributed by atoms with E-state index >= 15 is 0 Å². The van der Waals surface area contributed by atoms with E-state index in [1.165, 1.54) is 5.56 Å². The average Bonchev–Trinajstić information content (AvgIpc) is 3.20. The van der Waals surface area contributed by atoms with E-state index < -0.39 is 0 Å². The Kier molecular flexibility index (Phi) is 6.10. The van der Waals surface area contributed by atoms with Crippen molar-refractivity contribution in [3.05, 3.63) is 95.6 Å². The number of hydrogen-bond acceptors (Lipinski definition) is 2. The highest BCUT2D eigenvalue weighted by Gasteiger charge is 2.21. The summed E-state index contributed by atoms with van der Waals surface area (Å²) in [5, 5.41) is 7.27. The van der Waals surface area contributed by atoms with Gasteiger partial charge in [-0.05, 0) is 61.0 Å². The van der Waals surface area contributed by atoms with Crippen molar-refractivity contribution >= 4 is 34.6 Å². The lowest BCUT2D eigenvalue weighted by Gasteiger charge is -2.22. The Morgan fingerprint density at radius 3 is 2.23 bits per heavy atom. The molecule has 1 fully saturated rings. The molecule has 4 nitrogen and oxygen atoms in total. The van der Waals surface area contributed by atoms with Gasteiger partial charge in [0.05, 0.1) is 6.04 Å². The quantitative estimate of drug-likeness (QED) is 0.563. The highest BCUT2D eigenvalue weighted by molar-refractivity contribution is 7.80. The van der Waals surface area contributed by atoms with Gasteiger partial charge in [-0.3, -0.25) is 4.79 Å². The Labute approximate surface area is 182 Å². The summed E-state index contributed by atoms with van der Waals surface area (Å²) in [4.78, 5) is 13.8. The number of carbonyl (C=O) groups is 1. The fourth-order valence-electron chi connectivity index (χ4n) is 3.71. The fourth-order valence-corrected chi connectivity index (χ4v) is 3.94. The number of carbonyl (C=O) groups excluding carboxylic acids is 1. The molecular formula is C25H25N3OS. The van der Waals surface area contributed by atoms with Gasteiger partial charge >= 0.3 is 0 Å². The summed E-state index contributed by atoms with van der Waals surface area (Å²) in [5.41, 5.74) is 5.34. The molecule has 30 heavy (non-hydrogen) atoms. The second-order valence-corrected chi connectivity index (χ2v) is 7.96. The molecule has 1 heterocycles. The molecule has 1 amide bonds. The summed E-state index contributed by atoms with van der Waals surface area (Å²) < 4.78 is 0. The van der Waals surface area contributed by atoms with Crippen LogP contribution in [0.2, 0.25) is 0 Å². The summed E-state index contributed by atoms with van der Waals surface area (Å²) in [6, 6.07) is 26.6. The van der Waals surface area contributed by atoms with Gasteiger partial charge in [-0.15, -0.1) is 0 Å². The number of benzene rings is 3. The molecule has 0 bridgehead atoms. The standard InChI is InChI=1S/C25H25N3OS/c1-18-9-11-20(12-10-18)24(19-6-3-2-4-7-19)27-25(30)26-21-13-15-22(16-14-21)28-17-5-8-23(28)29/h2-4,6-7,9-16,24H,5,8,17H2,1H3,(H2,26,27,30). The lowest BCUT2D eigenvalue weighted by atomic mass is 9.98. The van der Waals surface area contributed by atoms with Gasteiger partial charge in [0.25, 0.3) is 0 Å². The summed E-state index contributed by atoms with van der Waals surface area (Å²) in [6.07, 6.45) is 1.56. The molecule has 0 saturated carbocycles. The van der Waals surface area contributed by atoms with Crippen molar-refractivity contribution in [3.8, 4) is 0 Å². The lowest BCUT2D eigenvalue weighted by molar-refractivity contribution is -0.117. The van der Waals surface area contributed by atoms with Crippen LogP contribution in [-0.4, -0.2) is 17.6 Å². The molecule has 1 saturated heterocycles. The van der Waals surface area contributed by atoms with Crippen molar-refractivity contribution in [2.75, 3.05) is 16.8 Å². The predicted molar refractivity (Wildman–Crippen MR) is 127 cm³/mol. The van der Waals surface area contributed by atoms with Gasteiger partial charge in [-0.1, -0.05) is 60.2 Å². The number of thiocarbonyl (C=S) groups is 1. The van der Waals surface area contributed by atoms with E-state index in [2.05, 4.69) is 54.0 Å². The molecule has 1 aliphatic rings. The van der Waals surface area contributed by atoms with Crippen molar-refractivity contribution in [2.45, 2.75) is 25.8 Å². The van der Waals surface area contributed by atoms with Crippen LogP contribution in [0.4, 0.5) is 11.4 Å².